The Hall–Kier alpha value is -1.52. The van der Waals surface area contributed by atoms with Crippen LogP contribution < -0.4 is 10.6 Å². The third-order valence-electron chi connectivity index (χ3n) is 1.29. The maximum absolute atomic E-state index is 7.02. The summed E-state index contributed by atoms with van der Waals surface area (Å²) in [6, 6.07) is 0.534. The summed E-state index contributed by atoms with van der Waals surface area (Å²) in [5, 5.41) is 7.02. The first-order valence-corrected chi connectivity index (χ1v) is 3.54. The fourth-order valence-corrected chi connectivity index (χ4v) is 0.773. The van der Waals surface area contributed by atoms with Gasteiger partial charge in [0.1, 0.15) is 5.76 Å². The van der Waals surface area contributed by atoms with E-state index in [0.717, 1.165) is 0 Å². The lowest BCUT2D eigenvalue weighted by Crippen LogP contribution is -2.12. The molecule has 0 aliphatic carbocycles. The molecule has 66 valence electrons. The van der Waals surface area contributed by atoms with Gasteiger partial charge in [0.15, 0.2) is 0 Å². The van der Waals surface area contributed by atoms with E-state index in [1.807, 2.05) is 14.1 Å². The summed E-state index contributed by atoms with van der Waals surface area (Å²) < 4.78 is 5.25. The van der Waals surface area contributed by atoms with Crippen LogP contribution in [0, 0.1) is 5.41 Å². The monoisotopic (exact) mass is 168 g/mol. The normalized spacial score (nSPS) is 9.83. The van der Waals surface area contributed by atoms with Crippen molar-refractivity contribution in [1.29, 1.82) is 5.41 Å². The van der Waals surface area contributed by atoms with Crippen LogP contribution in [0.25, 0.3) is 0 Å². The number of nitrogens with one attached hydrogen (secondary N) is 1. The fraction of sp³-hybridized carbons (Fsp3) is 0.429. The number of oxazole rings is 1. The second-order valence-corrected chi connectivity index (χ2v) is 2.71. The van der Waals surface area contributed by atoms with Gasteiger partial charge in [0.25, 0.3) is 6.01 Å². The molecule has 0 saturated carbocycles. The number of anilines is 1. The van der Waals surface area contributed by atoms with Gasteiger partial charge in [-0.2, -0.15) is 0 Å². The highest BCUT2D eigenvalue weighted by Crippen LogP contribution is 2.11. The van der Waals surface area contributed by atoms with Crippen LogP contribution in [0.5, 0.6) is 0 Å². The highest BCUT2D eigenvalue weighted by atomic mass is 16.4. The van der Waals surface area contributed by atoms with E-state index in [-0.39, 0.29) is 5.84 Å². The Bertz CT molecular complexity index is 279. The molecule has 5 nitrogen and oxygen atoms in total. The minimum atomic E-state index is 0.0801. The number of hydrogen-bond donors (Lipinski definition) is 2. The third-order valence-corrected chi connectivity index (χ3v) is 1.29. The second-order valence-electron chi connectivity index (χ2n) is 2.71. The van der Waals surface area contributed by atoms with Crippen LogP contribution in [0.4, 0.5) is 6.01 Å². The van der Waals surface area contributed by atoms with Crippen molar-refractivity contribution in [1.82, 2.24) is 4.98 Å². The van der Waals surface area contributed by atoms with E-state index in [1.165, 1.54) is 0 Å². The van der Waals surface area contributed by atoms with E-state index in [2.05, 4.69) is 4.98 Å². The topological polar surface area (TPSA) is 79.1 Å². The molecule has 0 atom stereocenters. The summed E-state index contributed by atoms with van der Waals surface area (Å²) >= 11 is 0. The second kappa shape index (κ2) is 3.25. The average molecular weight is 168 g/mol. The Morgan fingerprint density at radius 2 is 2.42 bits per heavy atom. The van der Waals surface area contributed by atoms with E-state index in [0.29, 0.717) is 18.2 Å². The van der Waals surface area contributed by atoms with Crippen LogP contribution in [0.15, 0.2) is 10.6 Å². The molecule has 1 aromatic heterocycles. The smallest absolute Gasteiger partial charge is 0.296 e. The minimum absolute atomic E-state index is 0.0801. The van der Waals surface area contributed by atoms with Crippen LogP contribution in [0.1, 0.15) is 5.76 Å². The Kier molecular flexibility index (Phi) is 2.32. The summed E-state index contributed by atoms with van der Waals surface area (Å²) in [7, 11) is 3.67. The SMILES string of the molecule is CN(C)c1ncc(CC(=N)N)o1. The largest absolute Gasteiger partial charge is 0.428 e. The third kappa shape index (κ3) is 1.98. The molecule has 0 aromatic carbocycles. The van der Waals surface area contributed by atoms with Gasteiger partial charge in [-0.25, -0.2) is 4.98 Å². The lowest BCUT2D eigenvalue weighted by molar-refractivity contribution is 0.519. The highest BCUT2D eigenvalue weighted by Gasteiger charge is 2.05. The van der Waals surface area contributed by atoms with Gasteiger partial charge in [-0.1, -0.05) is 0 Å². The molecule has 0 unspecified atom stereocenters. The zero-order valence-electron chi connectivity index (χ0n) is 7.16. The molecule has 1 heterocycles. The summed E-state index contributed by atoms with van der Waals surface area (Å²) in [5.41, 5.74) is 5.19. The lowest BCUT2D eigenvalue weighted by Gasteiger charge is -2.03. The molecule has 3 N–H and O–H groups in total. The van der Waals surface area contributed by atoms with Crippen molar-refractivity contribution in [2.75, 3.05) is 19.0 Å². The summed E-state index contributed by atoms with van der Waals surface area (Å²) in [4.78, 5) is 5.73. The van der Waals surface area contributed by atoms with Gasteiger partial charge in [-0.3, -0.25) is 5.41 Å². The van der Waals surface area contributed by atoms with Crippen molar-refractivity contribution in [3.05, 3.63) is 12.0 Å². The van der Waals surface area contributed by atoms with Crippen molar-refractivity contribution >= 4 is 11.9 Å². The molecule has 1 aromatic rings. The van der Waals surface area contributed by atoms with Gasteiger partial charge in [0.05, 0.1) is 18.5 Å². The number of hydrogen-bond acceptors (Lipinski definition) is 4. The van der Waals surface area contributed by atoms with E-state index < -0.39 is 0 Å². The highest BCUT2D eigenvalue weighted by molar-refractivity contribution is 5.78. The van der Waals surface area contributed by atoms with Gasteiger partial charge >= 0.3 is 0 Å². The van der Waals surface area contributed by atoms with Crippen molar-refractivity contribution in [3.63, 3.8) is 0 Å². The van der Waals surface area contributed by atoms with Crippen molar-refractivity contribution in [2.45, 2.75) is 6.42 Å². The van der Waals surface area contributed by atoms with Crippen LogP contribution in [0.3, 0.4) is 0 Å². The molecule has 5 heteroatoms. The van der Waals surface area contributed by atoms with Crippen LogP contribution >= 0.6 is 0 Å². The molecule has 0 radical (unpaired) electrons. The molecule has 0 bridgehead atoms. The van der Waals surface area contributed by atoms with E-state index in [1.54, 1.807) is 11.1 Å². The zero-order chi connectivity index (χ0) is 9.14. The standard InChI is InChI=1S/C7H12N4O/c1-11(2)7-10-4-5(12-7)3-6(8)9/h4H,3H2,1-2H3,(H3,8,9). The predicted molar refractivity (Wildman–Crippen MR) is 46.4 cm³/mol. The Morgan fingerprint density at radius 3 is 2.83 bits per heavy atom. The molecule has 0 aliphatic rings. The van der Waals surface area contributed by atoms with Gasteiger partial charge in [0, 0.05) is 14.1 Å². The number of nitrogens with two attached hydrogens (primary N) is 1. The molecule has 0 aliphatic heterocycles. The number of rotatable bonds is 3. The van der Waals surface area contributed by atoms with Crippen LogP contribution in [-0.4, -0.2) is 24.9 Å². The average Bonchev–Trinajstić information content (AvgIpc) is 2.34. The van der Waals surface area contributed by atoms with Gasteiger partial charge < -0.3 is 15.1 Å². The van der Waals surface area contributed by atoms with Crippen molar-refractivity contribution < 1.29 is 4.42 Å². The van der Waals surface area contributed by atoms with Gasteiger partial charge in [0.2, 0.25) is 0 Å². The first-order chi connectivity index (χ1) is 5.59. The maximum atomic E-state index is 7.02. The molecule has 12 heavy (non-hydrogen) atoms. The Morgan fingerprint density at radius 1 is 1.75 bits per heavy atom. The van der Waals surface area contributed by atoms with Crippen molar-refractivity contribution in [2.24, 2.45) is 5.73 Å². The molecule has 1 rings (SSSR count). The number of aromatic nitrogens is 1. The number of nitrogens with zero attached hydrogens (tertiary/aromatic N) is 2. The molecule has 0 amide bonds. The molecular formula is C7H12N4O. The zero-order valence-corrected chi connectivity index (χ0v) is 7.16. The molecule has 0 spiro atoms. The quantitative estimate of drug-likeness (QED) is 0.499. The summed E-state index contributed by atoms with van der Waals surface area (Å²) in [6.45, 7) is 0. The predicted octanol–water partition coefficient (Wildman–Crippen LogP) is 0.219. The van der Waals surface area contributed by atoms with E-state index in [9.17, 15) is 0 Å². The molecule has 0 fully saturated rings. The van der Waals surface area contributed by atoms with Crippen molar-refractivity contribution in [3.8, 4) is 0 Å². The Labute approximate surface area is 70.7 Å². The first kappa shape index (κ1) is 8.58. The minimum Gasteiger partial charge on any atom is -0.428 e. The van der Waals surface area contributed by atoms with Crippen LogP contribution in [-0.2, 0) is 6.42 Å². The van der Waals surface area contributed by atoms with Gasteiger partial charge in [-0.15, -0.1) is 0 Å². The lowest BCUT2D eigenvalue weighted by atomic mass is 10.3. The molecule has 0 saturated heterocycles. The van der Waals surface area contributed by atoms with E-state index in [4.69, 9.17) is 15.6 Å². The summed E-state index contributed by atoms with van der Waals surface area (Å²) in [6.07, 6.45) is 1.90. The van der Waals surface area contributed by atoms with Crippen LogP contribution in [0.2, 0.25) is 0 Å². The first-order valence-electron chi connectivity index (χ1n) is 3.54. The summed E-state index contributed by atoms with van der Waals surface area (Å²) in [5.74, 6) is 0.697. The fourth-order valence-electron chi connectivity index (χ4n) is 0.773. The number of amidine groups is 1. The maximum Gasteiger partial charge on any atom is 0.296 e. The van der Waals surface area contributed by atoms with Gasteiger partial charge in [-0.05, 0) is 0 Å². The Balaban J connectivity index is 2.70. The van der Waals surface area contributed by atoms with E-state index >= 15 is 0 Å². The molecular weight excluding hydrogens is 156 g/mol.